The van der Waals surface area contributed by atoms with E-state index in [4.69, 9.17) is 14.5 Å². The van der Waals surface area contributed by atoms with E-state index in [1.807, 2.05) is 13.0 Å². The second kappa shape index (κ2) is 8.04. The largest absolute Gasteiger partial charge is 0.491 e. The van der Waals surface area contributed by atoms with Crippen LogP contribution in [-0.2, 0) is 11.3 Å². The van der Waals surface area contributed by atoms with Crippen LogP contribution in [0.4, 0.5) is 4.39 Å². The van der Waals surface area contributed by atoms with Gasteiger partial charge in [-0.1, -0.05) is 6.07 Å². The van der Waals surface area contributed by atoms with Crippen LogP contribution in [0.5, 0.6) is 5.75 Å². The molecule has 3 rings (SSSR count). The molecule has 0 bridgehead atoms. The molecule has 2 aliphatic rings. The normalized spacial score (nSPS) is 23.5. The first-order chi connectivity index (χ1) is 12.2. The molecule has 1 unspecified atom stereocenters. The second-order valence-electron chi connectivity index (χ2n) is 6.84. The van der Waals surface area contributed by atoms with Gasteiger partial charge >= 0.3 is 0 Å². The molecule has 2 heterocycles. The zero-order valence-electron chi connectivity index (χ0n) is 15.2. The summed E-state index contributed by atoms with van der Waals surface area (Å²) in [4.78, 5) is 7.03. The van der Waals surface area contributed by atoms with Gasteiger partial charge in [0.1, 0.15) is 0 Å². The predicted molar refractivity (Wildman–Crippen MR) is 96.4 cm³/mol. The maximum atomic E-state index is 14.0. The quantitative estimate of drug-likeness (QED) is 0.656. The minimum absolute atomic E-state index is 0.293. The lowest BCUT2D eigenvalue weighted by molar-refractivity contribution is 0.156. The Balaban J connectivity index is 1.67. The highest BCUT2D eigenvalue weighted by molar-refractivity contribution is 5.80. The Kier molecular flexibility index (Phi) is 5.78. The first kappa shape index (κ1) is 18.0. The molecule has 1 aromatic rings. The number of guanidine groups is 1. The Morgan fingerprint density at radius 2 is 2.28 bits per heavy atom. The average molecular weight is 349 g/mol. The van der Waals surface area contributed by atoms with Crippen LogP contribution in [0.1, 0.15) is 32.3 Å². The minimum Gasteiger partial charge on any atom is -0.491 e. The van der Waals surface area contributed by atoms with Crippen LogP contribution in [0.2, 0.25) is 0 Å². The minimum atomic E-state index is -0.331. The molecule has 5 nitrogen and oxygen atoms in total. The van der Waals surface area contributed by atoms with Crippen LogP contribution in [0.25, 0.3) is 0 Å². The molecule has 0 aliphatic carbocycles. The van der Waals surface area contributed by atoms with Crippen molar-refractivity contribution >= 4 is 5.96 Å². The van der Waals surface area contributed by atoms with Gasteiger partial charge < -0.3 is 19.7 Å². The summed E-state index contributed by atoms with van der Waals surface area (Å²) in [5.41, 5.74) is 1.14. The van der Waals surface area contributed by atoms with Gasteiger partial charge in [-0.3, -0.25) is 0 Å². The predicted octanol–water partition coefficient (Wildman–Crippen LogP) is 2.80. The van der Waals surface area contributed by atoms with Gasteiger partial charge in [0.25, 0.3) is 0 Å². The number of benzene rings is 1. The summed E-state index contributed by atoms with van der Waals surface area (Å²) >= 11 is 0. The molecular weight excluding hydrogens is 321 g/mol. The van der Waals surface area contributed by atoms with E-state index < -0.39 is 0 Å². The lowest BCUT2D eigenvalue weighted by atomic mass is 9.87. The van der Waals surface area contributed by atoms with Crippen LogP contribution in [0.15, 0.2) is 23.2 Å². The average Bonchev–Trinajstić information content (AvgIpc) is 3.24. The topological polar surface area (TPSA) is 46.1 Å². The van der Waals surface area contributed by atoms with Crippen LogP contribution in [0.3, 0.4) is 0 Å². The number of aliphatic imine (C=N–C) groups is 1. The van der Waals surface area contributed by atoms with Crippen LogP contribution in [-0.4, -0.2) is 50.3 Å². The summed E-state index contributed by atoms with van der Waals surface area (Å²) in [5, 5.41) is 3.36. The Bertz CT molecular complexity index is 615. The summed E-state index contributed by atoms with van der Waals surface area (Å²) in [6.45, 7) is 9.33. The molecule has 25 heavy (non-hydrogen) atoms. The summed E-state index contributed by atoms with van der Waals surface area (Å²) in [7, 11) is 0. The third kappa shape index (κ3) is 4.24. The first-order valence-electron chi connectivity index (χ1n) is 9.18. The fraction of sp³-hybridized carbons (Fsp3) is 0.632. The van der Waals surface area contributed by atoms with E-state index in [0.717, 1.165) is 57.2 Å². The van der Waals surface area contributed by atoms with E-state index in [2.05, 4.69) is 17.1 Å². The molecule has 0 amide bonds. The van der Waals surface area contributed by atoms with Crippen molar-refractivity contribution in [2.75, 3.05) is 39.5 Å². The highest BCUT2D eigenvalue weighted by Crippen LogP contribution is 2.38. The molecule has 1 spiro atoms. The van der Waals surface area contributed by atoms with E-state index in [-0.39, 0.29) is 5.82 Å². The third-order valence-electron chi connectivity index (χ3n) is 4.97. The van der Waals surface area contributed by atoms with E-state index >= 15 is 0 Å². The van der Waals surface area contributed by atoms with Gasteiger partial charge in [0, 0.05) is 31.7 Å². The molecule has 6 heteroatoms. The second-order valence-corrected chi connectivity index (χ2v) is 6.84. The SMILES string of the molecule is CCNC(=NCc1ccc(OCC)c(F)c1)N1CCC2(CCOC2)C1. The molecule has 0 aromatic heterocycles. The molecule has 138 valence electrons. The van der Waals surface area contributed by atoms with Crippen molar-refractivity contribution < 1.29 is 13.9 Å². The standard InChI is InChI=1S/C19H28FN3O2/c1-3-21-18(23-9-7-19(13-23)8-10-24-14-19)22-12-15-5-6-17(25-4-2)16(20)11-15/h5-6,11H,3-4,7-10,12-14H2,1-2H3,(H,21,22). The number of hydrogen-bond donors (Lipinski definition) is 1. The van der Waals surface area contributed by atoms with Crippen molar-refractivity contribution in [3.8, 4) is 5.75 Å². The van der Waals surface area contributed by atoms with E-state index in [0.29, 0.717) is 24.3 Å². The highest BCUT2D eigenvalue weighted by atomic mass is 19.1. The van der Waals surface area contributed by atoms with Crippen molar-refractivity contribution in [3.05, 3.63) is 29.6 Å². The number of likely N-dealkylation sites (tertiary alicyclic amines) is 1. The molecule has 0 saturated carbocycles. The third-order valence-corrected chi connectivity index (χ3v) is 4.97. The van der Waals surface area contributed by atoms with E-state index in [1.165, 1.54) is 6.07 Å². The van der Waals surface area contributed by atoms with Gasteiger partial charge in [-0.2, -0.15) is 0 Å². The molecule has 2 saturated heterocycles. The number of nitrogens with one attached hydrogen (secondary N) is 1. The molecular formula is C19H28FN3O2. The Labute approximate surface area is 149 Å². The van der Waals surface area contributed by atoms with Crippen molar-refractivity contribution in [2.24, 2.45) is 10.4 Å². The zero-order valence-corrected chi connectivity index (χ0v) is 15.2. The molecule has 0 radical (unpaired) electrons. The Hall–Kier alpha value is -1.82. The summed E-state index contributed by atoms with van der Waals surface area (Å²) < 4.78 is 24.8. The molecule has 2 fully saturated rings. The maximum absolute atomic E-state index is 14.0. The number of nitrogens with zero attached hydrogens (tertiary/aromatic N) is 2. The molecule has 1 N–H and O–H groups in total. The van der Waals surface area contributed by atoms with Crippen molar-refractivity contribution in [3.63, 3.8) is 0 Å². The Morgan fingerprint density at radius 3 is 2.96 bits per heavy atom. The molecule has 1 atom stereocenters. The van der Waals surface area contributed by atoms with Gasteiger partial charge in [0.2, 0.25) is 0 Å². The van der Waals surface area contributed by atoms with Crippen molar-refractivity contribution in [2.45, 2.75) is 33.2 Å². The lowest BCUT2D eigenvalue weighted by Gasteiger charge is -2.25. The van der Waals surface area contributed by atoms with E-state index in [9.17, 15) is 4.39 Å². The van der Waals surface area contributed by atoms with Crippen LogP contribution < -0.4 is 10.1 Å². The van der Waals surface area contributed by atoms with Gasteiger partial charge in [-0.05, 0) is 44.4 Å². The zero-order chi connectivity index (χ0) is 17.7. The number of halogens is 1. The van der Waals surface area contributed by atoms with Crippen molar-refractivity contribution in [1.82, 2.24) is 10.2 Å². The fourth-order valence-electron chi connectivity index (χ4n) is 3.59. The van der Waals surface area contributed by atoms with Crippen LogP contribution >= 0.6 is 0 Å². The molecule has 1 aromatic carbocycles. The number of ether oxygens (including phenoxy) is 2. The van der Waals surface area contributed by atoms with Gasteiger partial charge in [-0.25, -0.2) is 9.38 Å². The van der Waals surface area contributed by atoms with Crippen molar-refractivity contribution in [1.29, 1.82) is 0 Å². The Morgan fingerprint density at radius 1 is 1.40 bits per heavy atom. The first-order valence-corrected chi connectivity index (χ1v) is 9.18. The van der Waals surface area contributed by atoms with Crippen LogP contribution in [0, 0.1) is 11.2 Å². The summed E-state index contributed by atoms with van der Waals surface area (Å²) in [5.74, 6) is 0.869. The molecule has 2 aliphatic heterocycles. The number of rotatable bonds is 5. The fourth-order valence-corrected chi connectivity index (χ4v) is 3.59. The van der Waals surface area contributed by atoms with E-state index in [1.54, 1.807) is 6.07 Å². The smallest absolute Gasteiger partial charge is 0.194 e. The monoisotopic (exact) mass is 349 g/mol. The lowest BCUT2D eigenvalue weighted by Crippen LogP contribution is -2.41. The summed E-state index contributed by atoms with van der Waals surface area (Å²) in [6.07, 6.45) is 2.28. The maximum Gasteiger partial charge on any atom is 0.194 e. The van der Waals surface area contributed by atoms with Gasteiger partial charge in [0.15, 0.2) is 17.5 Å². The number of hydrogen-bond acceptors (Lipinski definition) is 3. The summed E-state index contributed by atoms with van der Waals surface area (Å²) in [6, 6.07) is 5.06. The van der Waals surface area contributed by atoms with Gasteiger partial charge in [0.05, 0.1) is 19.8 Å². The highest BCUT2D eigenvalue weighted by Gasteiger charge is 2.42. The van der Waals surface area contributed by atoms with Gasteiger partial charge in [-0.15, -0.1) is 0 Å².